The Morgan fingerprint density at radius 1 is 1.20 bits per heavy atom. The topological polar surface area (TPSA) is 191 Å². The second-order valence-corrected chi connectivity index (χ2v) is 12.4. The number of phosphoric ester groups is 1. The van der Waals surface area contributed by atoms with E-state index in [1.165, 1.54) is 37.9 Å². The minimum Gasteiger partial charge on any atom is -0.454 e. The molecule has 0 amide bonds. The van der Waals surface area contributed by atoms with Crippen LogP contribution in [0.4, 0.5) is 10.2 Å². The number of unbranched alkanes of at least 4 members (excludes halogenated alkanes) is 3. The van der Waals surface area contributed by atoms with Gasteiger partial charge < -0.3 is 30.2 Å². The molecule has 14 nitrogen and oxygen atoms in total. The second-order valence-electron chi connectivity index (χ2n) is 11.0. The number of nitrogens with one attached hydrogen (secondary N) is 1. The molecule has 0 radical (unpaired) electrons. The average Bonchev–Trinajstić information content (AvgIpc) is 3.34. The van der Waals surface area contributed by atoms with E-state index in [9.17, 15) is 28.2 Å². The fraction of sp³-hybridized carbons (Fsp3) is 0.786. The number of alkyl halides is 1. The number of rotatable bonds is 22. The van der Waals surface area contributed by atoms with Crippen molar-refractivity contribution >= 4 is 25.6 Å². The summed E-state index contributed by atoms with van der Waals surface area (Å²) in [5, 5.41) is 3.32. The van der Waals surface area contributed by atoms with Crippen molar-refractivity contribution in [3.8, 4) is 0 Å². The third-order valence-electron chi connectivity index (χ3n) is 7.37. The maximum Gasteiger partial charge on any atom is 0.475 e. The van der Waals surface area contributed by atoms with Gasteiger partial charge in [-0.15, -0.1) is 0 Å². The molecule has 1 aliphatic heterocycles. The lowest BCUT2D eigenvalue weighted by Crippen LogP contribution is -2.30. The highest BCUT2D eigenvalue weighted by Crippen LogP contribution is 2.44. The lowest BCUT2D eigenvalue weighted by Gasteiger charge is -2.24. The van der Waals surface area contributed by atoms with E-state index in [4.69, 9.17) is 19.7 Å². The van der Waals surface area contributed by atoms with Crippen molar-refractivity contribution in [3.63, 3.8) is 0 Å². The molecule has 0 bridgehead atoms. The summed E-state index contributed by atoms with van der Waals surface area (Å²) in [7, 11) is -4.71. The molecule has 2 heterocycles. The first-order chi connectivity index (χ1) is 21.0. The van der Waals surface area contributed by atoms with Gasteiger partial charge in [-0.3, -0.25) is 13.9 Å². The van der Waals surface area contributed by atoms with Gasteiger partial charge in [0.25, 0.3) is 0 Å². The van der Waals surface area contributed by atoms with Crippen molar-refractivity contribution in [2.75, 3.05) is 38.8 Å². The van der Waals surface area contributed by atoms with Gasteiger partial charge in [0.2, 0.25) is 6.79 Å². The SMILES string of the molecule is CCCCCC(C)C(CCCC)CNCCC(=O)OCC(=O)OCOP(=O)(O)OCC1CC(F)C(n2ccc(N)nc2=O)O1. The number of halogens is 1. The average molecular weight is 651 g/mol. The van der Waals surface area contributed by atoms with Gasteiger partial charge in [0.15, 0.2) is 12.8 Å². The Morgan fingerprint density at radius 2 is 1.95 bits per heavy atom. The fourth-order valence-corrected chi connectivity index (χ4v) is 5.40. The molecule has 6 unspecified atom stereocenters. The van der Waals surface area contributed by atoms with Crippen LogP contribution in [-0.2, 0) is 37.4 Å². The molecular formula is C28H48FN4O10P. The van der Waals surface area contributed by atoms with Crippen LogP contribution in [0.5, 0.6) is 0 Å². The van der Waals surface area contributed by atoms with Crippen LogP contribution < -0.4 is 16.7 Å². The van der Waals surface area contributed by atoms with E-state index in [1.54, 1.807) is 0 Å². The first-order valence-electron chi connectivity index (χ1n) is 15.2. The van der Waals surface area contributed by atoms with Crippen LogP contribution >= 0.6 is 7.82 Å². The molecule has 1 fully saturated rings. The first kappa shape index (κ1) is 37.8. The lowest BCUT2D eigenvalue weighted by molar-refractivity contribution is -0.163. The maximum atomic E-state index is 14.4. The van der Waals surface area contributed by atoms with Crippen molar-refractivity contribution in [3.05, 3.63) is 22.7 Å². The number of anilines is 1. The number of nitrogens with zero attached hydrogens (tertiary/aromatic N) is 2. The third-order valence-corrected chi connectivity index (χ3v) is 8.28. The van der Waals surface area contributed by atoms with E-state index >= 15 is 0 Å². The predicted molar refractivity (Wildman–Crippen MR) is 159 cm³/mol. The van der Waals surface area contributed by atoms with E-state index in [2.05, 4.69) is 40.3 Å². The summed E-state index contributed by atoms with van der Waals surface area (Å²) in [4.78, 5) is 49.1. The van der Waals surface area contributed by atoms with Gasteiger partial charge in [0.1, 0.15) is 12.0 Å². The van der Waals surface area contributed by atoms with Gasteiger partial charge in [-0.05, 0) is 30.9 Å². The molecule has 0 aliphatic carbocycles. The number of carbonyl (C=O) groups is 2. The van der Waals surface area contributed by atoms with E-state index in [1.807, 2.05) is 0 Å². The second kappa shape index (κ2) is 19.9. The third kappa shape index (κ3) is 14.1. The molecule has 1 aliphatic rings. The Morgan fingerprint density at radius 3 is 2.66 bits per heavy atom. The summed E-state index contributed by atoms with van der Waals surface area (Å²) in [6.07, 6.45) is 5.46. The fourth-order valence-electron chi connectivity index (χ4n) is 4.78. The van der Waals surface area contributed by atoms with E-state index in [0.29, 0.717) is 18.4 Å². The van der Waals surface area contributed by atoms with Crippen LogP contribution in [0.25, 0.3) is 0 Å². The first-order valence-corrected chi connectivity index (χ1v) is 16.7. The smallest absolute Gasteiger partial charge is 0.454 e. The standard InChI is InChI=1S/C28H48FN4O10P/c1-4-6-8-9-20(3)21(10-7-5-2)16-31-13-11-25(34)39-18-26(35)40-19-42-44(37,38)41-17-22-15-23(29)27(43-22)33-14-12-24(30)32-28(33)36/h12,14,20-23,27,31H,4-11,13,15-19H2,1-3H3,(H,37,38)(H2,30,32,36). The molecule has 44 heavy (non-hydrogen) atoms. The number of esters is 2. The van der Waals surface area contributed by atoms with Crippen molar-refractivity contribution in [2.45, 2.75) is 97.1 Å². The largest absolute Gasteiger partial charge is 0.475 e. The number of hydrogen-bond acceptors (Lipinski definition) is 12. The molecular weight excluding hydrogens is 602 g/mol. The Hall–Kier alpha value is -2.42. The zero-order valence-electron chi connectivity index (χ0n) is 25.9. The Bertz CT molecular complexity index is 1130. The summed E-state index contributed by atoms with van der Waals surface area (Å²) in [6, 6.07) is 1.30. The summed E-state index contributed by atoms with van der Waals surface area (Å²) in [5.41, 5.74) is 4.62. The number of ether oxygens (including phenoxy) is 3. The minimum absolute atomic E-state index is 0.0337. The van der Waals surface area contributed by atoms with Crippen LogP contribution in [0.15, 0.2) is 17.1 Å². The van der Waals surface area contributed by atoms with Gasteiger partial charge >= 0.3 is 25.5 Å². The lowest BCUT2D eigenvalue weighted by atomic mass is 9.85. The van der Waals surface area contributed by atoms with Crippen LogP contribution in [0.2, 0.25) is 0 Å². The van der Waals surface area contributed by atoms with Gasteiger partial charge in [0.05, 0.1) is 19.1 Å². The zero-order valence-corrected chi connectivity index (χ0v) is 26.8. The van der Waals surface area contributed by atoms with Crippen LogP contribution in [0.3, 0.4) is 0 Å². The van der Waals surface area contributed by atoms with E-state index < -0.39 is 64.0 Å². The van der Waals surface area contributed by atoms with E-state index in [0.717, 1.165) is 30.4 Å². The summed E-state index contributed by atoms with van der Waals surface area (Å²) in [6.45, 7) is 5.69. The Labute approximate surface area is 257 Å². The Balaban J connectivity index is 1.61. The molecule has 1 saturated heterocycles. The van der Waals surface area contributed by atoms with Gasteiger partial charge in [0, 0.05) is 19.2 Å². The minimum atomic E-state index is -4.71. The summed E-state index contributed by atoms with van der Waals surface area (Å²) >= 11 is 0. The molecule has 1 aromatic rings. The number of nitrogen functional groups attached to an aromatic ring is 1. The molecule has 2 rings (SSSR count). The zero-order chi connectivity index (χ0) is 32.5. The van der Waals surface area contributed by atoms with Gasteiger partial charge in [-0.2, -0.15) is 4.98 Å². The van der Waals surface area contributed by atoms with Crippen molar-refractivity contribution in [2.24, 2.45) is 11.8 Å². The number of aromatic nitrogens is 2. The maximum absolute atomic E-state index is 14.4. The highest BCUT2D eigenvalue weighted by Gasteiger charge is 2.39. The molecule has 252 valence electrons. The van der Waals surface area contributed by atoms with Gasteiger partial charge in [-0.1, -0.05) is 59.3 Å². The van der Waals surface area contributed by atoms with Crippen LogP contribution in [0.1, 0.15) is 84.8 Å². The van der Waals surface area contributed by atoms with Gasteiger partial charge in [-0.25, -0.2) is 23.1 Å². The molecule has 0 spiro atoms. The number of phosphoric acid groups is 1. The molecule has 6 atom stereocenters. The molecule has 0 aromatic carbocycles. The van der Waals surface area contributed by atoms with E-state index in [-0.39, 0.29) is 18.7 Å². The number of hydrogen-bond donors (Lipinski definition) is 3. The highest BCUT2D eigenvalue weighted by atomic mass is 31.2. The van der Waals surface area contributed by atoms with Crippen molar-refractivity contribution in [1.82, 2.24) is 14.9 Å². The highest BCUT2D eigenvalue weighted by molar-refractivity contribution is 7.47. The van der Waals surface area contributed by atoms with Crippen molar-refractivity contribution < 1.29 is 46.7 Å². The molecule has 4 N–H and O–H groups in total. The predicted octanol–water partition coefficient (Wildman–Crippen LogP) is 3.63. The molecule has 16 heteroatoms. The summed E-state index contributed by atoms with van der Waals surface area (Å²) < 4.78 is 51.8. The monoisotopic (exact) mass is 650 g/mol. The number of carbonyl (C=O) groups excluding carboxylic acids is 2. The quantitative estimate of drug-likeness (QED) is 0.0714. The molecule has 0 saturated carbocycles. The van der Waals surface area contributed by atoms with Crippen LogP contribution in [-0.4, -0.2) is 71.8 Å². The normalized spacial score (nSPS) is 21.0. The van der Waals surface area contributed by atoms with Crippen LogP contribution in [0, 0.1) is 11.8 Å². The molecule has 1 aromatic heterocycles. The Kier molecular flexibility index (Phi) is 17.0. The number of nitrogens with two attached hydrogens (primary N) is 1. The van der Waals surface area contributed by atoms with Crippen molar-refractivity contribution in [1.29, 1.82) is 0 Å². The summed E-state index contributed by atoms with van der Waals surface area (Å²) in [5.74, 6) is -0.484.